The second kappa shape index (κ2) is 5.63. The van der Waals surface area contributed by atoms with Gasteiger partial charge in [0.05, 0.1) is 16.3 Å². The molecule has 3 nitrogen and oxygen atoms in total. The van der Waals surface area contributed by atoms with Gasteiger partial charge in [-0.3, -0.25) is 4.68 Å². The molecule has 0 fully saturated rings. The van der Waals surface area contributed by atoms with Crippen molar-refractivity contribution in [1.82, 2.24) is 9.78 Å². The normalized spacial score (nSPS) is 12.7. The monoisotopic (exact) mass is 312 g/mol. The van der Waals surface area contributed by atoms with Gasteiger partial charge < -0.3 is 5.11 Å². The average molecular weight is 313 g/mol. The zero-order valence-electron chi connectivity index (χ0n) is 9.98. The Kier molecular flexibility index (Phi) is 4.14. The summed E-state index contributed by atoms with van der Waals surface area (Å²) in [6.07, 6.45) is 1.47. The second-order valence-corrected chi connectivity index (χ2v) is 4.89. The highest BCUT2D eigenvalue weighted by atomic mass is 79.9. The van der Waals surface area contributed by atoms with Crippen molar-refractivity contribution >= 4 is 15.9 Å². The van der Waals surface area contributed by atoms with E-state index in [1.54, 1.807) is 29.1 Å². The fourth-order valence-corrected chi connectivity index (χ4v) is 2.31. The van der Waals surface area contributed by atoms with Gasteiger partial charge in [-0.1, -0.05) is 6.07 Å². The minimum Gasteiger partial charge on any atom is -0.386 e. The summed E-state index contributed by atoms with van der Waals surface area (Å²) < 4.78 is 15.3. The van der Waals surface area contributed by atoms with Crippen LogP contribution >= 0.6 is 15.9 Å². The summed E-state index contributed by atoms with van der Waals surface area (Å²) in [6.45, 7) is 2.68. The van der Waals surface area contributed by atoms with Crippen LogP contribution in [0.15, 0.2) is 34.9 Å². The molecule has 0 radical (unpaired) electrons. The molecule has 0 amide bonds. The van der Waals surface area contributed by atoms with Crippen LogP contribution in [0.1, 0.15) is 24.3 Å². The van der Waals surface area contributed by atoms with E-state index in [0.29, 0.717) is 17.4 Å². The number of halogens is 2. The molecule has 18 heavy (non-hydrogen) atoms. The van der Waals surface area contributed by atoms with Crippen LogP contribution in [0.5, 0.6) is 0 Å². The molecular formula is C13H14BrFN2O. The van der Waals surface area contributed by atoms with Crippen molar-refractivity contribution < 1.29 is 9.50 Å². The Hall–Kier alpha value is -1.20. The first kappa shape index (κ1) is 13.2. The van der Waals surface area contributed by atoms with Gasteiger partial charge in [-0.2, -0.15) is 5.10 Å². The maximum absolute atomic E-state index is 13.1. The average Bonchev–Trinajstić information content (AvgIpc) is 2.82. The Morgan fingerprint density at radius 2 is 2.22 bits per heavy atom. The van der Waals surface area contributed by atoms with Crippen molar-refractivity contribution in [3.63, 3.8) is 0 Å². The van der Waals surface area contributed by atoms with Crippen LogP contribution in [-0.2, 0) is 13.0 Å². The number of aromatic nitrogens is 2. The van der Waals surface area contributed by atoms with E-state index in [0.717, 1.165) is 11.3 Å². The zero-order valence-corrected chi connectivity index (χ0v) is 11.6. The quantitative estimate of drug-likeness (QED) is 0.942. The fourth-order valence-electron chi connectivity index (χ4n) is 1.88. The summed E-state index contributed by atoms with van der Waals surface area (Å²) in [5.74, 6) is -0.299. The van der Waals surface area contributed by atoms with Gasteiger partial charge in [0.1, 0.15) is 5.82 Å². The van der Waals surface area contributed by atoms with Crippen LogP contribution in [0.3, 0.4) is 0 Å². The molecule has 5 heteroatoms. The standard InChI is InChI=1S/C13H14BrFN2O/c1-2-17-12(5-6-16-17)13(18)8-9-3-4-11(15)10(14)7-9/h3-7,13,18H,2,8H2,1H3. The summed E-state index contributed by atoms with van der Waals surface area (Å²) in [4.78, 5) is 0. The van der Waals surface area contributed by atoms with Gasteiger partial charge in [-0.05, 0) is 46.6 Å². The molecule has 96 valence electrons. The van der Waals surface area contributed by atoms with Crippen molar-refractivity contribution in [2.45, 2.75) is 26.0 Å². The highest BCUT2D eigenvalue weighted by Crippen LogP contribution is 2.22. The lowest BCUT2D eigenvalue weighted by Crippen LogP contribution is -2.10. The van der Waals surface area contributed by atoms with Crippen molar-refractivity contribution in [2.75, 3.05) is 0 Å². The van der Waals surface area contributed by atoms with Crippen LogP contribution in [0.25, 0.3) is 0 Å². The highest BCUT2D eigenvalue weighted by molar-refractivity contribution is 9.10. The van der Waals surface area contributed by atoms with Crippen molar-refractivity contribution in [2.24, 2.45) is 0 Å². The Balaban J connectivity index is 2.16. The molecular weight excluding hydrogens is 299 g/mol. The molecule has 0 aliphatic carbocycles. The lowest BCUT2D eigenvalue weighted by Gasteiger charge is -2.12. The summed E-state index contributed by atoms with van der Waals surface area (Å²) >= 11 is 3.14. The van der Waals surface area contributed by atoms with E-state index in [1.807, 2.05) is 6.92 Å². The number of aryl methyl sites for hydroxylation is 1. The van der Waals surface area contributed by atoms with Gasteiger partial charge in [-0.25, -0.2) is 4.39 Å². The molecule has 0 spiro atoms. The number of nitrogens with zero attached hydrogens (tertiary/aromatic N) is 2. The van der Waals surface area contributed by atoms with Crippen LogP contribution in [0.4, 0.5) is 4.39 Å². The number of rotatable bonds is 4. The van der Waals surface area contributed by atoms with Gasteiger partial charge in [0.2, 0.25) is 0 Å². The molecule has 0 aliphatic heterocycles. The molecule has 0 saturated carbocycles. The van der Waals surface area contributed by atoms with Gasteiger partial charge in [0.15, 0.2) is 0 Å². The predicted octanol–water partition coefficient (Wildman–Crippen LogP) is 3.08. The zero-order chi connectivity index (χ0) is 13.1. The van der Waals surface area contributed by atoms with Crippen molar-refractivity contribution in [3.05, 3.63) is 52.0 Å². The second-order valence-electron chi connectivity index (χ2n) is 4.04. The van der Waals surface area contributed by atoms with Gasteiger partial charge in [-0.15, -0.1) is 0 Å². The largest absolute Gasteiger partial charge is 0.386 e. The lowest BCUT2D eigenvalue weighted by atomic mass is 10.1. The third-order valence-electron chi connectivity index (χ3n) is 2.80. The Morgan fingerprint density at radius 3 is 2.89 bits per heavy atom. The number of hydrogen-bond donors (Lipinski definition) is 1. The molecule has 1 aromatic carbocycles. The smallest absolute Gasteiger partial charge is 0.137 e. The first-order valence-corrected chi connectivity index (χ1v) is 6.54. The Morgan fingerprint density at radius 1 is 1.44 bits per heavy atom. The highest BCUT2D eigenvalue weighted by Gasteiger charge is 2.13. The van der Waals surface area contributed by atoms with Crippen molar-refractivity contribution in [3.8, 4) is 0 Å². The van der Waals surface area contributed by atoms with E-state index in [9.17, 15) is 9.50 Å². The summed E-state index contributed by atoms with van der Waals surface area (Å²) in [5, 5.41) is 14.3. The van der Waals surface area contributed by atoms with Crippen molar-refractivity contribution in [1.29, 1.82) is 0 Å². The van der Waals surface area contributed by atoms with E-state index in [1.165, 1.54) is 6.07 Å². The summed E-state index contributed by atoms with van der Waals surface area (Å²) in [6, 6.07) is 6.55. The molecule has 1 heterocycles. The van der Waals surface area contributed by atoms with Crippen LogP contribution in [-0.4, -0.2) is 14.9 Å². The van der Waals surface area contributed by atoms with Crippen LogP contribution < -0.4 is 0 Å². The van der Waals surface area contributed by atoms with E-state index in [4.69, 9.17) is 0 Å². The third-order valence-corrected chi connectivity index (χ3v) is 3.41. The molecule has 1 N–H and O–H groups in total. The van der Waals surface area contributed by atoms with E-state index < -0.39 is 6.10 Å². The molecule has 1 atom stereocenters. The molecule has 1 unspecified atom stereocenters. The Labute approximate surface area is 113 Å². The topological polar surface area (TPSA) is 38.0 Å². The minimum absolute atomic E-state index is 0.299. The Bertz CT molecular complexity index is 542. The van der Waals surface area contributed by atoms with Crippen LogP contribution in [0, 0.1) is 5.82 Å². The molecule has 0 aliphatic rings. The summed E-state index contributed by atoms with van der Waals surface area (Å²) in [5.41, 5.74) is 1.65. The molecule has 2 aromatic rings. The fraction of sp³-hybridized carbons (Fsp3) is 0.308. The predicted molar refractivity (Wildman–Crippen MR) is 70.7 cm³/mol. The van der Waals surface area contributed by atoms with E-state index >= 15 is 0 Å². The SMILES string of the molecule is CCn1nccc1C(O)Cc1ccc(F)c(Br)c1. The van der Waals surface area contributed by atoms with Crippen LogP contribution in [0.2, 0.25) is 0 Å². The molecule has 1 aromatic heterocycles. The third kappa shape index (κ3) is 2.79. The van der Waals surface area contributed by atoms with Gasteiger partial charge in [0, 0.05) is 19.2 Å². The summed E-state index contributed by atoms with van der Waals surface area (Å²) in [7, 11) is 0. The lowest BCUT2D eigenvalue weighted by molar-refractivity contribution is 0.167. The number of aliphatic hydroxyl groups excluding tert-OH is 1. The number of benzene rings is 1. The number of aliphatic hydroxyl groups is 1. The molecule has 0 bridgehead atoms. The maximum atomic E-state index is 13.1. The maximum Gasteiger partial charge on any atom is 0.137 e. The van der Waals surface area contributed by atoms with E-state index in [-0.39, 0.29) is 5.82 Å². The molecule has 0 saturated heterocycles. The minimum atomic E-state index is -0.634. The molecule has 2 rings (SSSR count). The van der Waals surface area contributed by atoms with Gasteiger partial charge >= 0.3 is 0 Å². The first-order chi connectivity index (χ1) is 8.61. The first-order valence-electron chi connectivity index (χ1n) is 5.75. The van der Waals surface area contributed by atoms with Gasteiger partial charge in [0.25, 0.3) is 0 Å². The van der Waals surface area contributed by atoms with E-state index in [2.05, 4.69) is 21.0 Å². The number of hydrogen-bond acceptors (Lipinski definition) is 2.